The number of nitrogens with zero attached hydrogens (tertiary/aromatic N) is 2. The third-order valence-corrected chi connectivity index (χ3v) is 5.52. The van der Waals surface area contributed by atoms with Crippen molar-refractivity contribution in [2.75, 3.05) is 19.6 Å². The van der Waals surface area contributed by atoms with E-state index in [0.29, 0.717) is 13.1 Å². The zero-order chi connectivity index (χ0) is 16.9. The molecule has 0 aliphatic carbocycles. The lowest BCUT2D eigenvalue weighted by Gasteiger charge is -2.27. The van der Waals surface area contributed by atoms with Crippen molar-refractivity contribution in [1.82, 2.24) is 9.80 Å². The quantitative estimate of drug-likeness (QED) is 0.787. The summed E-state index contributed by atoms with van der Waals surface area (Å²) in [4.78, 5) is 18.1. The second-order valence-electron chi connectivity index (χ2n) is 6.19. The topological polar surface area (TPSA) is 23.6 Å². The SMILES string of the molecule is CCN(CC(=O)N1CCCC1c1cccs1)Cc1cccc(F)c1. The Morgan fingerprint density at radius 2 is 2.25 bits per heavy atom. The highest BCUT2D eigenvalue weighted by atomic mass is 32.1. The fourth-order valence-corrected chi connectivity index (χ4v) is 4.17. The molecular weight excluding hydrogens is 323 g/mol. The van der Waals surface area contributed by atoms with Gasteiger partial charge in [0, 0.05) is 18.0 Å². The van der Waals surface area contributed by atoms with Crippen LogP contribution >= 0.6 is 11.3 Å². The van der Waals surface area contributed by atoms with Gasteiger partial charge in [-0.3, -0.25) is 9.69 Å². The lowest BCUT2D eigenvalue weighted by molar-refractivity contribution is -0.133. The number of carbonyl (C=O) groups excluding carboxylic acids is 1. The summed E-state index contributed by atoms with van der Waals surface area (Å²) in [5.74, 6) is -0.0589. The Balaban J connectivity index is 1.63. The van der Waals surface area contributed by atoms with Crippen LogP contribution in [-0.2, 0) is 11.3 Å². The molecule has 0 bridgehead atoms. The molecule has 1 aliphatic heterocycles. The third kappa shape index (κ3) is 4.02. The number of carbonyl (C=O) groups is 1. The average Bonchev–Trinajstić information content (AvgIpc) is 3.24. The Bertz CT molecular complexity index is 674. The Kier molecular flexibility index (Phi) is 5.63. The van der Waals surface area contributed by atoms with Crippen LogP contribution in [0.15, 0.2) is 41.8 Å². The normalized spacial score (nSPS) is 17.6. The fourth-order valence-electron chi connectivity index (χ4n) is 3.30. The van der Waals surface area contributed by atoms with Crippen LogP contribution in [0.2, 0.25) is 0 Å². The van der Waals surface area contributed by atoms with Crippen molar-refractivity contribution in [2.24, 2.45) is 0 Å². The molecule has 1 atom stereocenters. The van der Waals surface area contributed by atoms with Gasteiger partial charge in [-0.25, -0.2) is 4.39 Å². The number of likely N-dealkylation sites (N-methyl/N-ethyl adjacent to an activating group) is 1. The molecule has 0 saturated carbocycles. The molecule has 1 fully saturated rings. The lowest BCUT2D eigenvalue weighted by atomic mass is 10.2. The summed E-state index contributed by atoms with van der Waals surface area (Å²) in [7, 11) is 0. The summed E-state index contributed by atoms with van der Waals surface area (Å²) in [5.41, 5.74) is 0.904. The van der Waals surface area contributed by atoms with Crippen molar-refractivity contribution >= 4 is 17.2 Å². The number of hydrogen-bond acceptors (Lipinski definition) is 3. The number of amides is 1. The maximum absolute atomic E-state index is 13.3. The molecule has 1 amide bonds. The lowest BCUT2D eigenvalue weighted by Crippen LogP contribution is -2.39. The number of rotatable bonds is 6. The maximum Gasteiger partial charge on any atom is 0.237 e. The van der Waals surface area contributed by atoms with E-state index in [1.165, 1.54) is 17.0 Å². The van der Waals surface area contributed by atoms with Crippen molar-refractivity contribution in [1.29, 1.82) is 0 Å². The molecule has 2 heterocycles. The molecular formula is C19H23FN2OS. The molecule has 0 spiro atoms. The highest BCUT2D eigenvalue weighted by Gasteiger charge is 2.31. The molecule has 24 heavy (non-hydrogen) atoms. The van der Waals surface area contributed by atoms with Gasteiger partial charge < -0.3 is 4.90 Å². The summed E-state index contributed by atoms with van der Waals surface area (Å²) < 4.78 is 13.3. The van der Waals surface area contributed by atoms with Gasteiger partial charge >= 0.3 is 0 Å². The van der Waals surface area contributed by atoms with Gasteiger partial charge in [0.05, 0.1) is 12.6 Å². The summed E-state index contributed by atoms with van der Waals surface area (Å²) >= 11 is 1.72. The smallest absolute Gasteiger partial charge is 0.237 e. The van der Waals surface area contributed by atoms with Gasteiger partial charge in [0.1, 0.15) is 5.82 Å². The molecule has 5 heteroatoms. The monoisotopic (exact) mass is 346 g/mol. The molecule has 0 N–H and O–H groups in total. The van der Waals surface area contributed by atoms with Crippen molar-refractivity contribution in [3.05, 3.63) is 58.0 Å². The molecule has 1 aromatic heterocycles. The van der Waals surface area contributed by atoms with Crippen LogP contribution in [-0.4, -0.2) is 35.3 Å². The first kappa shape index (κ1) is 17.1. The molecule has 1 saturated heterocycles. The van der Waals surface area contributed by atoms with Crippen molar-refractivity contribution in [3.8, 4) is 0 Å². The number of halogens is 1. The van der Waals surface area contributed by atoms with Gasteiger partial charge in [-0.05, 0) is 48.5 Å². The van der Waals surface area contributed by atoms with E-state index in [-0.39, 0.29) is 17.8 Å². The zero-order valence-corrected chi connectivity index (χ0v) is 14.8. The highest BCUT2D eigenvalue weighted by molar-refractivity contribution is 7.10. The highest BCUT2D eigenvalue weighted by Crippen LogP contribution is 2.34. The number of likely N-dealkylation sites (tertiary alicyclic amines) is 1. The van der Waals surface area contributed by atoms with E-state index in [9.17, 15) is 9.18 Å². The number of thiophene rings is 1. The first-order valence-electron chi connectivity index (χ1n) is 8.47. The second-order valence-corrected chi connectivity index (χ2v) is 7.17. The van der Waals surface area contributed by atoms with E-state index >= 15 is 0 Å². The van der Waals surface area contributed by atoms with Gasteiger partial charge in [0.2, 0.25) is 5.91 Å². The van der Waals surface area contributed by atoms with Crippen LogP contribution in [0.4, 0.5) is 4.39 Å². The number of hydrogen-bond donors (Lipinski definition) is 0. The Morgan fingerprint density at radius 3 is 2.96 bits per heavy atom. The van der Waals surface area contributed by atoms with Crippen molar-refractivity contribution in [3.63, 3.8) is 0 Å². The molecule has 128 valence electrons. The van der Waals surface area contributed by atoms with E-state index < -0.39 is 0 Å². The Morgan fingerprint density at radius 1 is 1.38 bits per heavy atom. The standard InChI is InChI=1S/C19H23FN2OS/c1-2-21(13-15-6-3-7-16(20)12-15)14-19(23)22-10-4-8-17(22)18-9-5-11-24-18/h3,5-7,9,11-12,17H,2,4,8,10,13-14H2,1H3. The molecule has 1 aromatic carbocycles. The van der Waals surface area contributed by atoms with Crippen molar-refractivity contribution in [2.45, 2.75) is 32.4 Å². The van der Waals surface area contributed by atoms with Crippen molar-refractivity contribution < 1.29 is 9.18 Å². The summed E-state index contributed by atoms with van der Waals surface area (Å²) in [5, 5.41) is 2.07. The maximum atomic E-state index is 13.3. The van der Waals surface area contributed by atoms with E-state index in [1.54, 1.807) is 17.4 Å². The van der Waals surface area contributed by atoms with E-state index in [2.05, 4.69) is 16.3 Å². The van der Waals surface area contributed by atoms with Crippen LogP contribution < -0.4 is 0 Å². The van der Waals surface area contributed by atoms with Gasteiger partial charge in [-0.15, -0.1) is 11.3 Å². The van der Waals surface area contributed by atoms with Crippen LogP contribution in [0.3, 0.4) is 0 Å². The minimum Gasteiger partial charge on any atom is -0.334 e. The molecule has 1 aliphatic rings. The number of benzene rings is 1. The van der Waals surface area contributed by atoms with E-state index in [4.69, 9.17) is 0 Å². The third-order valence-electron chi connectivity index (χ3n) is 4.55. The van der Waals surface area contributed by atoms with Crippen LogP contribution in [0.25, 0.3) is 0 Å². The summed E-state index contributed by atoms with van der Waals surface area (Å²) in [6, 6.07) is 11.0. The summed E-state index contributed by atoms with van der Waals surface area (Å²) in [6.45, 7) is 4.61. The van der Waals surface area contributed by atoms with Gasteiger partial charge in [-0.2, -0.15) is 0 Å². The first-order chi connectivity index (χ1) is 11.7. The van der Waals surface area contributed by atoms with Crippen LogP contribution in [0, 0.1) is 5.82 Å². The Hall–Kier alpha value is -1.72. The molecule has 1 unspecified atom stereocenters. The fraction of sp³-hybridized carbons (Fsp3) is 0.421. The summed E-state index contributed by atoms with van der Waals surface area (Å²) in [6.07, 6.45) is 2.10. The molecule has 3 rings (SSSR count). The second kappa shape index (κ2) is 7.90. The minimum absolute atomic E-state index is 0.171. The molecule has 0 radical (unpaired) electrons. The average molecular weight is 346 g/mol. The molecule has 2 aromatic rings. The Labute approximate surface area is 146 Å². The van der Waals surface area contributed by atoms with Crippen LogP contribution in [0.5, 0.6) is 0 Å². The predicted octanol–water partition coefficient (Wildman–Crippen LogP) is 4.07. The largest absolute Gasteiger partial charge is 0.334 e. The van der Waals surface area contributed by atoms with E-state index in [1.807, 2.05) is 24.0 Å². The zero-order valence-electron chi connectivity index (χ0n) is 14.0. The van der Waals surface area contributed by atoms with Gasteiger partial charge in [-0.1, -0.05) is 25.1 Å². The van der Waals surface area contributed by atoms with Gasteiger partial charge in [0.25, 0.3) is 0 Å². The molecule has 3 nitrogen and oxygen atoms in total. The minimum atomic E-state index is -0.229. The first-order valence-corrected chi connectivity index (χ1v) is 9.35. The van der Waals surface area contributed by atoms with E-state index in [0.717, 1.165) is 31.5 Å². The van der Waals surface area contributed by atoms with Gasteiger partial charge in [0.15, 0.2) is 0 Å². The van der Waals surface area contributed by atoms with Crippen LogP contribution in [0.1, 0.15) is 36.2 Å². The predicted molar refractivity (Wildman–Crippen MR) is 95.4 cm³/mol.